The minimum Gasteiger partial charge on any atom is -0.472 e. The van der Waals surface area contributed by atoms with Gasteiger partial charge in [-0.3, -0.25) is 4.79 Å². The lowest BCUT2D eigenvalue weighted by molar-refractivity contribution is -0.139. The first-order valence-electron chi connectivity index (χ1n) is 15.4. The molecule has 3 heterocycles. The second-order valence-electron chi connectivity index (χ2n) is 13.3. The van der Waals surface area contributed by atoms with Crippen molar-refractivity contribution < 1.29 is 46.2 Å². The van der Waals surface area contributed by atoms with E-state index >= 15 is 8.78 Å². The molecule has 6 atom stereocenters. The highest BCUT2D eigenvalue weighted by molar-refractivity contribution is 5.89. The Hall–Kier alpha value is -3.64. The lowest BCUT2D eigenvalue weighted by Gasteiger charge is -2.34. The van der Waals surface area contributed by atoms with Crippen molar-refractivity contribution >= 4 is 29.2 Å². The van der Waals surface area contributed by atoms with E-state index in [4.69, 9.17) is 9.47 Å². The van der Waals surface area contributed by atoms with Crippen molar-refractivity contribution in [1.82, 2.24) is 15.2 Å². The van der Waals surface area contributed by atoms with Gasteiger partial charge in [-0.2, -0.15) is 8.78 Å². The molecule has 5 rings (SSSR count). The van der Waals surface area contributed by atoms with Crippen LogP contribution in [0.3, 0.4) is 0 Å². The average molecular weight is 638 g/mol. The Balaban J connectivity index is 1.57. The highest BCUT2D eigenvalue weighted by Gasteiger charge is 2.49. The fourth-order valence-electron chi connectivity index (χ4n) is 6.40. The summed E-state index contributed by atoms with van der Waals surface area (Å²) in [4.78, 5) is 44.9. The van der Waals surface area contributed by atoms with Gasteiger partial charge in [0.25, 0.3) is 5.92 Å². The van der Waals surface area contributed by atoms with Crippen LogP contribution in [0.25, 0.3) is 10.9 Å². The summed E-state index contributed by atoms with van der Waals surface area (Å²) in [5.74, 6) is -5.03. The minimum atomic E-state index is -3.36. The van der Waals surface area contributed by atoms with E-state index in [1.165, 1.54) is 29.2 Å². The van der Waals surface area contributed by atoms with Crippen molar-refractivity contribution in [3.8, 4) is 11.6 Å². The molecular weight excluding hydrogens is 598 g/mol. The van der Waals surface area contributed by atoms with Crippen LogP contribution in [0.15, 0.2) is 24.3 Å². The van der Waals surface area contributed by atoms with Gasteiger partial charge in [-0.15, -0.1) is 0 Å². The number of nitrogens with one attached hydrogen (secondary N) is 1. The minimum absolute atomic E-state index is 0.0435. The van der Waals surface area contributed by atoms with Gasteiger partial charge in [-0.05, 0) is 55.2 Å². The number of alkyl carbamates (subject to hydrolysis) is 1. The van der Waals surface area contributed by atoms with Crippen LogP contribution >= 0.6 is 0 Å². The molecule has 1 N–H and O–H groups in total. The van der Waals surface area contributed by atoms with E-state index in [0.29, 0.717) is 32.0 Å². The molecular formula is C32H39F4N3O6. The molecule has 2 amide bonds. The molecule has 1 aromatic carbocycles. The van der Waals surface area contributed by atoms with Crippen LogP contribution in [0.5, 0.6) is 11.6 Å². The summed E-state index contributed by atoms with van der Waals surface area (Å²) in [6.45, 7) is 3.90. The molecule has 246 valence electrons. The van der Waals surface area contributed by atoms with Gasteiger partial charge < -0.3 is 29.2 Å². The number of ether oxygens (including phenoxy) is 3. The predicted molar refractivity (Wildman–Crippen MR) is 155 cm³/mol. The van der Waals surface area contributed by atoms with E-state index in [0.717, 1.165) is 0 Å². The van der Waals surface area contributed by atoms with Crippen molar-refractivity contribution in [1.29, 1.82) is 0 Å². The Kier molecular flexibility index (Phi) is 9.19. The van der Waals surface area contributed by atoms with Gasteiger partial charge in [-0.25, -0.2) is 18.6 Å². The second-order valence-corrected chi connectivity index (χ2v) is 13.3. The number of hydrogen-bond acceptors (Lipinski definition) is 7. The van der Waals surface area contributed by atoms with Crippen molar-refractivity contribution in [2.24, 2.45) is 17.3 Å². The van der Waals surface area contributed by atoms with Gasteiger partial charge >= 0.3 is 12.7 Å². The number of aldehydes is 1. The normalized spacial score (nSPS) is 29.0. The maximum absolute atomic E-state index is 15.9. The lowest BCUT2D eigenvalue weighted by Crippen LogP contribution is -2.56. The predicted octanol–water partition coefficient (Wildman–Crippen LogP) is 6.21. The van der Waals surface area contributed by atoms with E-state index in [1.54, 1.807) is 27.7 Å². The van der Waals surface area contributed by atoms with Crippen LogP contribution in [0.4, 0.5) is 22.4 Å². The van der Waals surface area contributed by atoms with Crippen molar-refractivity contribution in [3.05, 3.63) is 29.8 Å². The molecule has 2 fully saturated rings. The van der Waals surface area contributed by atoms with Crippen LogP contribution in [-0.4, -0.2) is 65.6 Å². The van der Waals surface area contributed by atoms with Crippen LogP contribution < -0.4 is 14.8 Å². The fraction of sp³-hybridized carbons (Fsp3) is 0.625. The molecule has 9 nitrogen and oxygen atoms in total. The topological polar surface area (TPSA) is 107 Å². The fourth-order valence-corrected chi connectivity index (χ4v) is 6.40. The van der Waals surface area contributed by atoms with Crippen molar-refractivity contribution in [2.75, 3.05) is 6.54 Å². The molecule has 2 bridgehead atoms. The van der Waals surface area contributed by atoms with Gasteiger partial charge in [0.15, 0.2) is 0 Å². The van der Waals surface area contributed by atoms with Crippen LogP contribution in [0.2, 0.25) is 0 Å². The molecule has 1 aliphatic carbocycles. The lowest BCUT2D eigenvalue weighted by atomic mass is 9.85. The zero-order valence-corrected chi connectivity index (χ0v) is 25.7. The molecule has 2 aromatic rings. The number of carbonyl (C=O) groups is 3. The third kappa shape index (κ3) is 7.12. The molecule has 0 unspecified atom stereocenters. The van der Waals surface area contributed by atoms with E-state index in [9.17, 15) is 23.2 Å². The summed E-state index contributed by atoms with van der Waals surface area (Å²) < 4.78 is 73.9. The van der Waals surface area contributed by atoms with E-state index in [-0.39, 0.29) is 41.6 Å². The highest BCUT2D eigenvalue weighted by Crippen LogP contribution is 2.44. The van der Waals surface area contributed by atoms with Gasteiger partial charge in [-0.1, -0.05) is 34.1 Å². The average Bonchev–Trinajstić information content (AvgIpc) is 3.59. The molecule has 2 aliphatic heterocycles. The number of pyridine rings is 1. The summed E-state index contributed by atoms with van der Waals surface area (Å²) in [7, 11) is 0. The maximum Gasteiger partial charge on any atom is 0.408 e. The number of carbonyl (C=O) groups excluding carboxylic acids is 3. The number of halogens is 4. The maximum atomic E-state index is 15.9. The van der Waals surface area contributed by atoms with Crippen LogP contribution in [0.1, 0.15) is 71.8 Å². The summed E-state index contributed by atoms with van der Waals surface area (Å²) in [6.07, 6.45) is 0.349. The summed E-state index contributed by atoms with van der Waals surface area (Å²) >= 11 is 0. The largest absolute Gasteiger partial charge is 0.472 e. The molecule has 45 heavy (non-hydrogen) atoms. The van der Waals surface area contributed by atoms with Crippen LogP contribution in [0, 0.1) is 17.3 Å². The third-order valence-electron chi connectivity index (χ3n) is 8.99. The van der Waals surface area contributed by atoms with Crippen molar-refractivity contribution in [3.63, 3.8) is 0 Å². The van der Waals surface area contributed by atoms with Gasteiger partial charge in [0.05, 0.1) is 23.7 Å². The highest BCUT2D eigenvalue weighted by atomic mass is 19.3. The second kappa shape index (κ2) is 12.6. The number of nitrogens with zero attached hydrogens (tertiary/aromatic N) is 2. The zero-order valence-electron chi connectivity index (χ0n) is 25.7. The Morgan fingerprint density at radius 1 is 1.16 bits per heavy atom. The standard InChI is InChI=1S/C32H39F4N3O6/c1-5-20-23(16-40)39-15-25(20)44-27-21(12-17-9-10-19(43-29(33)34)14-22(17)37-27)32(35,36)11-7-6-8-18-13-24(18)45-30(42)38-26(28(39)41)31(2,3)4/h9-10,12,14,16,18,20,23-26,29H,5-8,11,13,15H2,1-4H3,(H,38,42)/t18-,20+,23-,24-,25+,26-/m1/s1. The molecule has 1 saturated carbocycles. The van der Waals surface area contributed by atoms with Gasteiger partial charge in [0.2, 0.25) is 11.8 Å². The Labute approximate surface area is 259 Å². The third-order valence-corrected chi connectivity index (χ3v) is 8.99. The van der Waals surface area contributed by atoms with Crippen LogP contribution in [-0.2, 0) is 20.2 Å². The molecule has 0 spiro atoms. The summed E-state index contributed by atoms with van der Waals surface area (Å²) in [5.41, 5.74) is -1.12. The number of fused-ring (bicyclic) bond motifs is 5. The first-order valence-corrected chi connectivity index (χ1v) is 15.4. The van der Waals surface area contributed by atoms with Gasteiger partial charge in [0, 0.05) is 23.8 Å². The zero-order chi connectivity index (χ0) is 32.7. The smallest absolute Gasteiger partial charge is 0.408 e. The van der Waals surface area contributed by atoms with Gasteiger partial charge in [0.1, 0.15) is 30.3 Å². The quantitative estimate of drug-likeness (QED) is 0.314. The summed E-state index contributed by atoms with van der Waals surface area (Å²) in [5, 5.41) is 2.99. The number of rotatable bonds is 4. The Bertz CT molecular complexity index is 1430. The molecule has 3 aliphatic rings. The van der Waals surface area contributed by atoms with E-state index in [2.05, 4.69) is 15.0 Å². The first kappa shape index (κ1) is 32.7. The molecule has 13 heteroatoms. The monoisotopic (exact) mass is 637 g/mol. The number of aromatic nitrogens is 1. The summed E-state index contributed by atoms with van der Waals surface area (Å²) in [6, 6.07) is 3.09. The molecule has 1 aromatic heterocycles. The van der Waals surface area contributed by atoms with Crippen molar-refractivity contribution in [2.45, 2.75) is 103 Å². The first-order chi connectivity index (χ1) is 21.2. The number of hydrogen-bond donors (Lipinski definition) is 1. The molecule has 1 saturated heterocycles. The number of amides is 2. The SMILES string of the molecule is CC[C@@H]1[C@@H]2CN(C(=O)[C@H](C(C)(C)C)NC(=O)O[C@@H]3C[C@H]3CCCCC(F)(F)c3cc4ccc(OC(F)F)cc4nc3O2)[C@@H]1C=O. The Morgan fingerprint density at radius 3 is 2.58 bits per heavy atom. The Morgan fingerprint density at radius 2 is 1.91 bits per heavy atom. The van der Waals surface area contributed by atoms with E-state index < -0.39 is 71.9 Å². The van der Waals surface area contributed by atoms with E-state index in [1.807, 2.05) is 0 Å². The number of alkyl halides is 4. The molecule has 0 radical (unpaired) electrons. The number of benzene rings is 1.